The van der Waals surface area contributed by atoms with Crippen molar-refractivity contribution in [1.29, 1.82) is 0 Å². The Bertz CT molecular complexity index is 593. The van der Waals surface area contributed by atoms with Gasteiger partial charge in [-0.25, -0.2) is 4.98 Å². The number of anilines is 3. The highest BCUT2D eigenvalue weighted by Crippen LogP contribution is 2.21. The summed E-state index contributed by atoms with van der Waals surface area (Å²) < 4.78 is 5.19. The summed E-state index contributed by atoms with van der Waals surface area (Å²) in [5.41, 5.74) is 6.92. The molecule has 6 nitrogen and oxygen atoms in total. The normalized spacial score (nSPS) is 15.1. The lowest BCUT2D eigenvalue weighted by Crippen LogP contribution is -2.47. The van der Waals surface area contributed by atoms with Crippen molar-refractivity contribution in [1.82, 2.24) is 9.97 Å². The lowest BCUT2D eigenvalue weighted by Gasteiger charge is -2.36. The van der Waals surface area contributed by atoms with Gasteiger partial charge in [-0.2, -0.15) is 4.98 Å². The number of nitrogen functional groups attached to an aromatic ring is 1. The standard InChI is InChI=1S/C15H19N5O/c1-21-13-4-2-12(3-5-13)19-8-10-20(11-9-19)15-17-7-6-14(16)18-15/h2-7H,8-11H2,1H3,(H2,16,17,18). The summed E-state index contributed by atoms with van der Waals surface area (Å²) in [6.45, 7) is 3.64. The van der Waals surface area contributed by atoms with Gasteiger partial charge in [0.25, 0.3) is 0 Å². The molecular formula is C15H19N5O. The first-order valence-electron chi connectivity index (χ1n) is 6.99. The molecule has 1 fully saturated rings. The number of methoxy groups -OCH3 is 1. The third-order valence-corrected chi connectivity index (χ3v) is 3.66. The fraction of sp³-hybridized carbons (Fsp3) is 0.333. The second kappa shape index (κ2) is 5.87. The molecule has 2 N–H and O–H groups in total. The minimum Gasteiger partial charge on any atom is -0.497 e. The van der Waals surface area contributed by atoms with Crippen LogP contribution in [-0.2, 0) is 0 Å². The highest BCUT2D eigenvalue weighted by atomic mass is 16.5. The first-order chi connectivity index (χ1) is 10.3. The minimum absolute atomic E-state index is 0.512. The average Bonchev–Trinajstić information content (AvgIpc) is 2.55. The summed E-state index contributed by atoms with van der Waals surface area (Å²) in [5, 5.41) is 0. The van der Waals surface area contributed by atoms with E-state index in [-0.39, 0.29) is 0 Å². The third kappa shape index (κ3) is 2.99. The molecule has 2 aromatic rings. The molecule has 110 valence electrons. The van der Waals surface area contributed by atoms with Crippen LogP contribution in [0.4, 0.5) is 17.5 Å². The Morgan fingerprint density at radius 2 is 1.67 bits per heavy atom. The van der Waals surface area contributed by atoms with E-state index in [0.29, 0.717) is 11.8 Å². The van der Waals surface area contributed by atoms with E-state index in [0.717, 1.165) is 31.9 Å². The molecule has 0 spiro atoms. The van der Waals surface area contributed by atoms with Crippen LogP contribution in [0, 0.1) is 0 Å². The van der Waals surface area contributed by atoms with Crippen LogP contribution >= 0.6 is 0 Å². The minimum atomic E-state index is 0.512. The molecule has 0 radical (unpaired) electrons. The smallest absolute Gasteiger partial charge is 0.227 e. The zero-order chi connectivity index (χ0) is 14.7. The fourth-order valence-corrected chi connectivity index (χ4v) is 2.47. The Morgan fingerprint density at radius 3 is 2.29 bits per heavy atom. The van der Waals surface area contributed by atoms with Crippen molar-refractivity contribution in [2.75, 3.05) is 48.8 Å². The van der Waals surface area contributed by atoms with Gasteiger partial charge in [0, 0.05) is 38.1 Å². The van der Waals surface area contributed by atoms with Crippen LogP contribution < -0.4 is 20.3 Å². The fourth-order valence-electron chi connectivity index (χ4n) is 2.47. The van der Waals surface area contributed by atoms with Gasteiger partial charge in [-0.3, -0.25) is 0 Å². The Labute approximate surface area is 124 Å². The highest BCUT2D eigenvalue weighted by molar-refractivity contribution is 5.51. The molecule has 1 aliphatic rings. The van der Waals surface area contributed by atoms with Gasteiger partial charge in [-0.05, 0) is 30.3 Å². The molecule has 0 atom stereocenters. The number of benzene rings is 1. The molecule has 0 bridgehead atoms. The number of aromatic nitrogens is 2. The molecule has 1 aromatic heterocycles. The number of nitrogens with two attached hydrogens (primary N) is 1. The molecule has 1 saturated heterocycles. The summed E-state index contributed by atoms with van der Waals surface area (Å²) in [6, 6.07) is 9.86. The van der Waals surface area contributed by atoms with Crippen molar-refractivity contribution >= 4 is 17.5 Å². The third-order valence-electron chi connectivity index (χ3n) is 3.66. The number of nitrogens with zero attached hydrogens (tertiary/aromatic N) is 4. The maximum atomic E-state index is 5.71. The number of hydrogen-bond acceptors (Lipinski definition) is 6. The van der Waals surface area contributed by atoms with E-state index in [1.807, 2.05) is 12.1 Å². The molecule has 0 amide bonds. The maximum Gasteiger partial charge on any atom is 0.227 e. The van der Waals surface area contributed by atoms with Crippen LogP contribution in [0.3, 0.4) is 0 Å². The van der Waals surface area contributed by atoms with Crippen LogP contribution in [0.5, 0.6) is 5.75 Å². The maximum absolute atomic E-state index is 5.71. The van der Waals surface area contributed by atoms with Crippen LogP contribution in [0.15, 0.2) is 36.5 Å². The van der Waals surface area contributed by atoms with E-state index in [1.165, 1.54) is 5.69 Å². The topological polar surface area (TPSA) is 67.5 Å². The monoisotopic (exact) mass is 285 g/mol. The van der Waals surface area contributed by atoms with Crippen LogP contribution in [0.1, 0.15) is 0 Å². The highest BCUT2D eigenvalue weighted by Gasteiger charge is 2.19. The molecule has 6 heteroatoms. The van der Waals surface area contributed by atoms with Crippen LogP contribution in [-0.4, -0.2) is 43.3 Å². The summed E-state index contributed by atoms with van der Waals surface area (Å²) in [7, 11) is 1.68. The zero-order valence-electron chi connectivity index (χ0n) is 12.1. The average molecular weight is 285 g/mol. The molecule has 1 aliphatic heterocycles. The quantitative estimate of drug-likeness (QED) is 0.919. The van der Waals surface area contributed by atoms with Crippen LogP contribution in [0.25, 0.3) is 0 Å². The molecule has 2 heterocycles. The van der Waals surface area contributed by atoms with E-state index in [4.69, 9.17) is 10.5 Å². The van der Waals surface area contributed by atoms with E-state index < -0.39 is 0 Å². The van der Waals surface area contributed by atoms with Gasteiger partial charge in [0.2, 0.25) is 5.95 Å². The molecule has 3 rings (SSSR count). The molecule has 1 aromatic carbocycles. The second-order valence-corrected chi connectivity index (χ2v) is 4.95. The van der Waals surface area contributed by atoms with E-state index in [9.17, 15) is 0 Å². The van der Waals surface area contributed by atoms with E-state index in [1.54, 1.807) is 19.4 Å². The molecule has 0 unspecified atom stereocenters. The van der Waals surface area contributed by atoms with Gasteiger partial charge < -0.3 is 20.3 Å². The second-order valence-electron chi connectivity index (χ2n) is 4.95. The van der Waals surface area contributed by atoms with Gasteiger partial charge in [0.05, 0.1) is 7.11 Å². The van der Waals surface area contributed by atoms with Gasteiger partial charge in [-0.1, -0.05) is 0 Å². The Hall–Kier alpha value is -2.50. The summed E-state index contributed by atoms with van der Waals surface area (Å²) >= 11 is 0. The van der Waals surface area contributed by atoms with Gasteiger partial charge in [0.1, 0.15) is 11.6 Å². The predicted molar refractivity (Wildman–Crippen MR) is 83.9 cm³/mol. The van der Waals surface area contributed by atoms with Gasteiger partial charge in [-0.15, -0.1) is 0 Å². The molecule has 0 aliphatic carbocycles. The Balaban J connectivity index is 1.64. The van der Waals surface area contributed by atoms with Crippen LogP contribution in [0.2, 0.25) is 0 Å². The van der Waals surface area contributed by atoms with Gasteiger partial charge in [0.15, 0.2) is 0 Å². The zero-order valence-corrected chi connectivity index (χ0v) is 12.1. The first-order valence-corrected chi connectivity index (χ1v) is 6.99. The SMILES string of the molecule is COc1ccc(N2CCN(c3nccc(N)n3)CC2)cc1. The Kier molecular flexibility index (Phi) is 3.77. The van der Waals surface area contributed by atoms with Crippen molar-refractivity contribution in [2.24, 2.45) is 0 Å². The van der Waals surface area contributed by atoms with E-state index >= 15 is 0 Å². The Morgan fingerprint density at radius 1 is 1.00 bits per heavy atom. The first kappa shape index (κ1) is 13.5. The van der Waals surface area contributed by atoms with Gasteiger partial charge >= 0.3 is 0 Å². The van der Waals surface area contributed by atoms with Crippen molar-refractivity contribution in [2.45, 2.75) is 0 Å². The lowest BCUT2D eigenvalue weighted by molar-refractivity contribution is 0.415. The number of piperazine rings is 1. The number of rotatable bonds is 3. The molecule has 0 saturated carbocycles. The predicted octanol–water partition coefficient (Wildman–Crippen LogP) is 1.39. The van der Waals surface area contributed by atoms with E-state index in [2.05, 4.69) is 31.9 Å². The number of ether oxygens (including phenoxy) is 1. The summed E-state index contributed by atoms with van der Waals surface area (Å²) in [5.74, 6) is 2.10. The number of hydrogen-bond donors (Lipinski definition) is 1. The molecular weight excluding hydrogens is 266 g/mol. The summed E-state index contributed by atoms with van der Waals surface area (Å²) in [6.07, 6.45) is 1.70. The lowest BCUT2D eigenvalue weighted by atomic mass is 10.2. The largest absolute Gasteiger partial charge is 0.497 e. The molecule has 21 heavy (non-hydrogen) atoms. The van der Waals surface area contributed by atoms with Crippen molar-refractivity contribution in [3.8, 4) is 5.75 Å². The van der Waals surface area contributed by atoms with Crippen molar-refractivity contribution in [3.63, 3.8) is 0 Å². The van der Waals surface area contributed by atoms with Crippen molar-refractivity contribution < 1.29 is 4.74 Å². The summed E-state index contributed by atoms with van der Waals surface area (Å²) in [4.78, 5) is 13.1. The van der Waals surface area contributed by atoms with Crippen molar-refractivity contribution in [3.05, 3.63) is 36.5 Å².